The summed E-state index contributed by atoms with van der Waals surface area (Å²) in [5.41, 5.74) is 2.74. The van der Waals surface area contributed by atoms with Crippen molar-refractivity contribution in [2.45, 2.75) is 18.9 Å². The lowest BCUT2D eigenvalue weighted by Gasteiger charge is -2.42. The lowest BCUT2D eigenvalue weighted by atomic mass is 9.83. The van der Waals surface area contributed by atoms with Gasteiger partial charge in [0.2, 0.25) is 0 Å². The molecule has 2 bridgehead atoms. The topological polar surface area (TPSA) is 79.4 Å². The van der Waals surface area contributed by atoms with Crippen molar-refractivity contribution in [3.63, 3.8) is 0 Å². The van der Waals surface area contributed by atoms with Gasteiger partial charge < -0.3 is 24.5 Å². The van der Waals surface area contributed by atoms with Gasteiger partial charge >= 0.3 is 0 Å². The molecule has 2 atom stereocenters. The number of hydrogen-bond donors (Lipinski definition) is 2. The summed E-state index contributed by atoms with van der Waals surface area (Å²) in [6.45, 7) is 4.11. The van der Waals surface area contributed by atoms with Crippen LogP contribution in [0.1, 0.15) is 28.5 Å². The Bertz CT molecular complexity index is 1150. The number of methoxy groups -OCH3 is 1. The quantitative estimate of drug-likeness (QED) is 0.681. The monoisotopic (exact) mass is 406 g/mol. The van der Waals surface area contributed by atoms with E-state index >= 15 is 0 Å². The lowest BCUT2D eigenvalue weighted by Crippen LogP contribution is -2.48. The number of benzene rings is 1. The summed E-state index contributed by atoms with van der Waals surface area (Å²) in [6.07, 6.45) is 1.14. The van der Waals surface area contributed by atoms with Gasteiger partial charge in [0.05, 0.1) is 7.11 Å². The molecular weight excluding hydrogens is 380 g/mol. The minimum atomic E-state index is -0.0979. The number of rotatable bonds is 5. The van der Waals surface area contributed by atoms with E-state index in [9.17, 15) is 9.59 Å². The molecule has 2 aromatic heterocycles. The largest absolute Gasteiger partial charge is 0.497 e. The van der Waals surface area contributed by atoms with Crippen LogP contribution >= 0.6 is 0 Å². The molecule has 7 heteroatoms. The van der Waals surface area contributed by atoms with Gasteiger partial charge in [0.25, 0.3) is 11.5 Å². The van der Waals surface area contributed by atoms with Crippen LogP contribution in [0.2, 0.25) is 0 Å². The van der Waals surface area contributed by atoms with Gasteiger partial charge in [-0.05, 0) is 42.7 Å². The third-order valence-electron chi connectivity index (χ3n) is 6.34. The molecule has 7 nitrogen and oxygen atoms in total. The number of aromatic nitrogens is 2. The number of aromatic amines is 1. The molecule has 2 unspecified atom stereocenters. The summed E-state index contributed by atoms with van der Waals surface area (Å²) in [5.74, 6) is 1.56. The number of ether oxygens (including phenoxy) is 1. The second-order valence-corrected chi connectivity index (χ2v) is 8.35. The zero-order chi connectivity index (χ0) is 20.7. The zero-order valence-corrected chi connectivity index (χ0v) is 17.1. The second kappa shape index (κ2) is 7.65. The Labute approximate surface area is 174 Å². The van der Waals surface area contributed by atoms with Crippen molar-refractivity contribution in [3.05, 3.63) is 64.2 Å². The van der Waals surface area contributed by atoms with E-state index < -0.39 is 0 Å². The average molecular weight is 406 g/mol. The van der Waals surface area contributed by atoms with E-state index in [0.29, 0.717) is 24.1 Å². The number of carbonyl (C=O) groups is 1. The number of nitrogens with zero attached hydrogens (tertiary/aromatic N) is 2. The van der Waals surface area contributed by atoms with Crippen LogP contribution in [0.4, 0.5) is 0 Å². The number of nitrogens with one attached hydrogen (secondary N) is 2. The lowest BCUT2D eigenvalue weighted by molar-refractivity contribution is 0.0923. The number of carbonyl (C=O) groups excluding carboxylic acids is 1. The van der Waals surface area contributed by atoms with E-state index in [1.807, 2.05) is 34.9 Å². The summed E-state index contributed by atoms with van der Waals surface area (Å²) in [7, 11) is 1.63. The fraction of sp³-hybridized carbons (Fsp3) is 0.391. The van der Waals surface area contributed by atoms with Gasteiger partial charge in [0.15, 0.2) is 0 Å². The Balaban J connectivity index is 1.19. The van der Waals surface area contributed by atoms with Crippen molar-refractivity contribution in [1.29, 1.82) is 0 Å². The number of fused-ring (bicyclic) bond motifs is 5. The van der Waals surface area contributed by atoms with E-state index in [-0.39, 0.29) is 11.5 Å². The highest BCUT2D eigenvalue weighted by Gasteiger charge is 2.34. The molecule has 0 saturated carbocycles. The minimum Gasteiger partial charge on any atom is -0.497 e. The molecule has 2 aliphatic heterocycles. The molecule has 1 aromatic carbocycles. The number of amides is 1. The standard InChI is InChI=1S/C23H26N4O3/c1-30-18-5-6-19-16(10-18)11-20(25-19)23(29)24-7-8-26-12-15-9-17(14-26)21-3-2-4-22(28)27(21)13-15/h2-6,10-11,15,17,25H,7-9,12-14H2,1H3,(H,24,29). The van der Waals surface area contributed by atoms with Gasteiger partial charge in [-0.2, -0.15) is 0 Å². The molecule has 1 saturated heterocycles. The second-order valence-electron chi connectivity index (χ2n) is 8.35. The number of H-pyrrole nitrogens is 1. The van der Waals surface area contributed by atoms with Crippen molar-refractivity contribution < 1.29 is 9.53 Å². The number of hydrogen-bond acceptors (Lipinski definition) is 4. The SMILES string of the molecule is COc1ccc2[nH]c(C(=O)NCCN3CC4CC(C3)c3cccc(=O)n3C4)cc2c1. The van der Waals surface area contributed by atoms with E-state index in [1.54, 1.807) is 13.2 Å². The Morgan fingerprint density at radius 2 is 2.10 bits per heavy atom. The molecular formula is C23H26N4O3. The first kappa shape index (κ1) is 18.9. The molecule has 3 aromatic rings. The van der Waals surface area contributed by atoms with Crippen LogP contribution in [0.25, 0.3) is 10.9 Å². The van der Waals surface area contributed by atoms with E-state index in [0.717, 1.165) is 54.9 Å². The molecule has 0 radical (unpaired) electrons. The predicted molar refractivity (Wildman–Crippen MR) is 115 cm³/mol. The summed E-state index contributed by atoms with van der Waals surface area (Å²) in [6, 6.07) is 13.2. The third kappa shape index (κ3) is 3.50. The van der Waals surface area contributed by atoms with Crippen molar-refractivity contribution in [3.8, 4) is 5.75 Å². The van der Waals surface area contributed by atoms with E-state index in [2.05, 4.69) is 21.3 Å². The summed E-state index contributed by atoms with van der Waals surface area (Å²) < 4.78 is 7.19. The van der Waals surface area contributed by atoms with Crippen LogP contribution in [0.3, 0.4) is 0 Å². The maximum Gasteiger partial charge on any atom is 0.267 e. The smallest absolute Gasteiger partial charge is 0.267 e. The predicted octanol–water partition coefficient (Wildman–Crippen LogP) is 2.19. The normalized spacial score (nSPS) is 20.7. The average Bonchev–Trinajstić information content (AvgIpc) is 3.18. The van der Waals surface area contributed by atoms with E-state index in [4.69, 9.17) is 4.74 Å². The molecule has 4 heterocycles. The maximum absolute atomic E-state index is 12.6. The molecule has 2 N–H and O–H groups in total. The highest BCUT2D eigenvalue weighted by Crippen LogP contribution is 2.34. The summed E-state index contributed by atoms with van der Waals surface area (Å²) >= 11 is 0. The third-order valence-corrected chi connectivity index (χ3v) is 6.34. The molecule has 5 rings (SSSR count). The molecule has 30 heavy (non-hydrogen) atoms. The van der Waals surface area contributed by atoms with Gasteiger partial charge in [-0.15, -0.1) is 0 Å². The molecule has 1 fully saturated rings. The zero-order valence-electron chi connectivity index (χ0n) is 17.1. The van der Waals surface area contributed by atoms with Gasteiger partial charge in [-0.25, -0.2) is 0 Å². The number of piperidine rings is 1. The first-order valence-corrected chi connectivity index (χ1v) is 10.5. The fourth-order valence-electron chi connectivity index (χ4n) is 4.96. The van der Waals surface area contributed by atoms with Crippen molar-refractivity contribution in [2.24, 2.45) is 5.92 Å². The number of pyridine rings is 1. The molecule has 2 aliphatic rings. The maximum atomic E-state index is 12.6. The van der Waals surface area contributed by atoms with Gasteiger partial charge in [-0.1, -0.05) is 6.07 Å². The summed E-state index contributed by atoms with van der Waals surface area (Å²) in [4.78, 5) is 30.3. The van der Waals surface area contributed by atoms with Crippen molar-refractivity contribution >= 4 is 16.8 Å². The Kier molecular flexibility index (Phi) is 4.83. The van der Waals surface area contributed by atoms with Gasteiger partial charge in [-0.3, -0.25) is 9.59 Å². The van der Waals surface area contributed by atoms with Crippen LogP contribution in [-0.2, 0) is 6.54 Å². The van der Waals surface area contributed by atoms with Crippen molar-refractivity contribution in [2.75, 3.05) is 33.3 Å². The van der Waals surface area contributed by atoms with Crippen LogP contribution < -0.4 is 15.6 Å². The highest BCUT2D eigenvalue weighted by atomic mass is 16.5. The van der Waals surface area contributed by atoms with Crippen molar-refractivity contribution in [1.82, 2.24) is 19.8 Å². The molecule has 156 valence electrons. The fourth-order valence-corrected chi connectivity index (χ4v) is 4.96. The van der Waals surface area contributed by atoms with Crippen LogP contribution in [0.5, 0.6) is 5.75 Å². The van der Waals surface area contributed by atoms with E-state index in [1.165, 1.54) is 0 Å². The van der Waals surface area contributed by atoms with Gasteiger partial charge in [0, 0.05) is 61.3 Å². The first-order chi connectivity index (χ1) is 14.6. The number of likely N-dealkylation sites (tertiary alicyclic amines) is 1. The van der Waals surface area contributed by atoms with Crippen LogP contribution in [0, 0.1) is 5.92 Å². The molecule has 0 spiro atoms. The molecule has 1 amide bonds. The highest BCUT2D eigenvalue weighted by molar-refractivity contribution is 5.98. The first-order valence-electron chi connectivity index (χ1n) is 10.5. The Morgan fingerprint density at radius 3 is 2.97 bits per heavy atom. The summed E-state index contributed by atoms with van der Waals surface area (Å²) in [5, 5.41) is 3.99. The van der Waals surface area contributed by atoms with Gasteiger partial charge in [0.1, 0.15) is 11.4 Å². The Hall–Kier alpha value is -3.06. The minimum absolute atomic E-state index is 0.0979. The van der Waals surface area contributed by atoms with Crippen LogP contribution in [-0.4, -0.2) is 53.6 Å². The van der Waals surface area contributed by atoms with Crippen LogP contribution in [0.15, 0.2) is 47.3 Å². The Morgan fingerprint density at radius 1 is 1.20 bits per heavy atom. The molecule has 0 aliphatic carbocycles.